The Morgan fingerprint density at radius 1 is 0.518 bits per heavy atom. The molecule has 110 heavy (non-hydrogen) atoms. The third-order valence-electron chi connectivity index (χ3n) is 21.0. The monoisotopic (exact) mass is 1690 g/mol. The van der Waals surface area contributed by atoms with Crippen LogP contribution < -0.4 is 45.6 Å². The van der Waals surface area contributed by atoms with Crippen LogP contribution in [0.2, 0.25) is 0 Å². The second-order valence-electron chi connectivity index (χ2n) is 27.5. The molecule has 0 saturated carbocycles. The molecule has 8 saturated heterocycles. The average Bonchev–Trinajstić information content (AvgIpc) is 1.56. The fourth-order valence-electron chi connectivity index (χ4n) is 15.2. The molecule has 8 aliphatic heterocycles. The largest absolute Gasteiger partial charge is 0.387 e. The van der Waals surface area contributed by atoms with Crippen molar-refractivity contribution in [3.05, 3.63) is 86.5 Å². The summed E-state index contributed by atoms with van der Waals surface area (Å²) in [4.78, 5) is 133. The normalized spacial score (nSPS) is 35.3. The van der Waals surface area contributed by atoms with Gasteiger partial charge in [-0.25, -0.2) is 44.5 Å². The van der Waals surface area contributed by atoms with Crippen molar-refractivity contribution in [2.75, 3.05) is 55.1 Å². The van der Waals surface area contributed by atoms with Gasteiger partial charge in [-0.15, -0.1) is 0 Å². The van der Waals surface area contributed by atoms with Crippen molar-refractivity contribution in [1.29, 1.82) is 0 Å². The molecular weight excluding hydrogens is 1610 g/mol. The molecule has 8 aliphatic rings. The van der Waals surface area contributed by atoms with Gasteiger partial charge in [0.25, 0.3) is 5.56 Å². The topological polar surface area (TPSA) is 599 Å². The highest BCUT2D eigenvalue weighted by atomic mass is 32.5. The van der Waals surface area contributed by atoms with Crippen LogP contribution in [-0.4, -0.2) is 225 Å². The first-order chi connectivity index (χ1) is 52.0. The Kier molecular flexibility index (Phi) is 20.1. The van der Waals surface area contributed by atoms with Crippen LogP contribution in [0.1, 0.15) is 89.2 Å². The fraction of sp³-hybridized carbons (Fsp3) is 0.596. The van der Waals surface area contributed by atoms with Gasteiger partial charge < -0.3 is 118 Å². The molecule has 53 heteroatoms. The quantitative estimate of drug-likeness (QED) is 0.0313. The van der Waals surface area contributed by atoms with Gasteiger partial charge in [0.1, 0.15) is 107 Å². The smallest absolute Gasteiger partial charge is 0.351 e. The molecule has 8 aromatic heterocycles. The maximum absolute atomic E-state index is 13.8. The molecule has 0 aliphatic carbocycles. The number of hydrogen-bond acceptors (Lipinski definition) is 39. The Hall–Kier alpha value is -6.03. The van der Waals surface area contributed by atoms with Crippen molar-refractivity contribution >= 4 is 137 Å². The van der Waals surface area contributed by atoms with Crippen molar-refractivity contribution < 1.29 is 98.8 Å². The first-order valence-electron chi connectivity index (χ1n) is 33.9. The van der Waals surface area contributed by atoms with Gasteiger partial charge >= 0.3 is 38.3 Å². The zero-order valence-electron chi connectivity index (χ0n) is 58.4. The Bertz CT molecular complexity index is 5380. The Labute approximate surface area is 639 Å². The van der Waals surface area contributed by atoms with Crippen LogP contribution in [0.5, 0.6) is 0 Å². The minimum absolute atomic E-state index is 0.0220. The van der Waals surface area contributed by atoms with Crippen molar-refractivity contribution in [2.45, 2.75) is 188 Å². The van der Waals surface area contributed by atoms with Crippen LogP contribution in [0.15, 0.2) is 58.4 Å². The number of aryl methyl sites for hydroxylation is 2. The van der Waals surface area contributed by atoms with Crippen molar-refractivity contribution in [3.63, 3.8) is 0 Å². The molecule has 594 valence electrons. The van der Waals surface area contributed by atoms with Crippen LogP contribution in [0.25, 0.3) is 33.5 Å². The Morgan fingerprint density at radius 3 is 1.52 bits per heavy atom. The molecule has 16 heterocycles. The van der Waals surface area contributed by atoms with Crippen LogP contribution in [0.3, 0.4) is 0 Å². The van der Waals surface area contributed by atoms with Crippen molar-refractivity contribution in [3.8, 4) is 0 Å². The number of ether oxygens (including phenoxy) is 8. The number of anilines is 5. The molecular formula is C57H73N21O24P4S4. The minimum Gasteiger partial charge on any atom is -0.387 e. The number of nitrogens with zero attached hydrogens (tertiary/aromatic N) is 15. The molecule has 8 aromatic rings. The third-order valence-corrected chi connectivity index (χ3v) is 27.2. The molecule has 0 aromatic carbocycles. The lowest BCUT2D eigenvalue weighted by Gasteiger charge is -2.39. The summed E-state index contributed by atoms with van der Waals surface area (Å²) in [5.74, 6) is -0.164. The molecule has 9 unspecified atom stereocenters. The number of nitrogens with one attached hydrogen (secondary N) is 1. The lowest BCUT2D eigenvalue weighted by atomic mass is 9.94. The Morgan fingerprint density at radius 2 is 0.945 bits per heavy atom. The number of aromatic amines is 1. The molecule has 8 fully saturated rings. The van der Waals surface area contributed by atoms with Crippen molar-refractivity contribution in [1.82, 2.24) is 77.7 Å². The standard InChI is InChI=1S/C57H73N21O24P4S4/c1-7-26-27(8-31(94-26)76-18-67-32-43(60)63-16-65-45(32)76)99-103(83,107)87-12-29-28(9-30(95-29)74-10-21(2)41(58)70-53(74)81)100-104(84,108)89-14-56-24(5)92-36(50(97-56)75-11-22(3)42(59)71-54(75)82)39(56)101-106(86,110)90-15-57-25(6)93-37(51(98-57)77-19-68-33-44(61)64-17-66-46(33)77)40(57)102-105(85,109)88-13-55-23(4)91-35(38(55)79)49(96-55)78-20-69-34-47(78)72-52(62)73-48(34)80/h10-11,16-20,23-31,35-40,49-51,79H,7-9,12-15H2,1-6H3,(H,83,107)(H,84,108)(H,85,109)(H,86,110)(H2,58,70,81)(H2,59,71,82)(H2,60,63,65)(H2,61,64,66)(H3,62,72,73,80)/t23-,24-,25-,26+,27?,28?,29+,30+,31+,35-,36-,37-,38?,39?,40?,49+,50+,51+,55-,56-,57-,103?,104?,105?,106?/m0/s1. The number of rotatable bonds is 26. The van der Waals surface area contributed by atoms with E-state index in [4.69, 9.17) is 150 Å². The van der Waals surface area contributed by atoms with Gasteiger partial charge in [0.2, 0.25) is 5.95 Å². The summed E-state index contributed by atoms with van der Waals surface area (Å²) in [7, 11) is 0. The molecule has 0 radical (unpaired) electrons. The first kappa shape index (κ1) is 77.9. The molecule has 45 nitrogen and oxygen atoms in total. The number of hydrogen-bond donors (Lipinski definition) is 11. The highest BCUT2D eigenvalue weighted by Crippen LogP contribution is 2.63. The van der Waals surface area contributed by atoms with Gasteiger partial charge in [-0.05, 0) is 88.3 Å². The van der Waals surface area contributed by atoms with E-state index in [0.29, 0.717) is 28.7 Å². The van der Waals surface area contributed by atoms with Gasteiger partial charge in [0.05, 0.1) is 82.0 Å². The number of H-pyrrole nitrogens is 1. The summed E-state index contributed by atoms with van der Waals surface area (Å²) < 4.78 is 109. The molecule has 25 atom stereocenters. The predicted octanol–water partition coefficient (Wildman–Crippen LogP) is -0.174. The number of nitrogen functional groups attached to an aromatic ring is 5. The number of aliphatic hydroxyl groups is 1. The van der Waals surface area contributed by atoms with Gasteiger partial charge in [-0.2, -0.15) is 15.0 Å². The van der Waals surface area contributed by atoms with E-state index in [0.717, 1.165) is 9.13 Å². The second-order valence-corrected chi connectivity index (χ2v) is 38.6. The Balaban J connectivity index is 0.653. The number of imidazole rings is 3. The zero-order chi connectivity index (χ0) is 78.0. The molecule has 0 spiro atoms. The molecule has 16 rings (SSSR count). The lowest BCUT2D eigenvalue weighted by Crippen LogP contribution is -2.52. The molecule has 0 amide bonds. The van der Waals surface area contributed by atoms with E-state index in [1.54, 1.807) is 39.2 Å². The predicted molar refractivity (Wildman–Crippen MR) is 392 cm³/mol. The van der Waals surface area contributed by atoms with Gasteiger partial charge in [0.15, 0.2) is 52.8 Å². The second kappa shape index (κ2) is 28.5. The fourth-order valence-corrected chi connectivity index (χ4v) is 21.1. The molecule has 16 N–H and O–H groups in total. The number of nitrogens with two attached hydrogens (primary N) is 5. The summed E-state index contributed by atoms with van der Waals surface area (Å²) in [6, 6.07) is 0. The molecule has 6 bridgehead atoms. The van der Waals surface area contributed by atoms with E-state index in [1.807, 2.05) is 6.92 Å². The minimum atomic E-state index is -4.81. The van der Waals surface area contributed by atoms with Gasteiger partial charge in [0, 0.05) is 36.4 Å². The number of aromatic nitrogens is 16. The highest BCUT2D eigenvalue weighted by Gasteiger charge is 2.72. The van der Waals surface area contributed by atoms with Crippen molar-refractivity contribution in [2.24, 2.45) is 0 Å². The average molecular weight is 1690 g/mol. The van der Waals surface area contributed by atoms with E-state index < -0.39 is 198 Å². The van der Waals surface area contributed by atoms with Crippen LogP contribution in [0.4, 0.5) is 29.2 Å². The summed E-state index contributed by atoms with van der Waals surface area (Å²) in [6.45, 7) is -11.4. The van der Waals surface area contributed by atoms with Gasteiger partial charge in [-0.3, -0.25) is 41.7 Å². The summed E-state index contributed by atoms with van der Waals surface area (Å²) >= 11 is 23.0. The zero-order valence-corrected chi connectivity index (χ0v) is 65.2. The number of aliphatic hydroxyl groups excluding tert-OH is 1. The van der Waals surface area contributed by atoms with E-state index in [2.05, 4.69) is 54.8 Å². The first-order valence-corrected chi connectivity index (χ1v) is 44.3. The van der Waals surface area contributed by atoms with Crippen LogP contribution in [-0.2, 0) is 121 Å². The maximum Gasteiger partial charge on any atom is 0.351 e. The SMILES string of the molecule is CC[C@H]1O[C@@H](n2cnc3c(N)ncnc32)CC1OP(O)(=S)OC[C@H]1O[C@@H](n2cc(C)c(N)nc2=O)CC1OP(O)(=S)OC[C@]12O[C@@H](n3cc(C)c(N)nc3=O)[C@@H](O[C@H]1C)C2OP(O)(=S)OC[C@]12O[C@@H](n3cnc4c(N)ncnc43)[C@@H](O[C@H]1C)C2OP(O)(=S)OC[C@]12O[C@@H](n3cnc4c(=O)[nH]c(N)nc43)[C@@H](O[C@H]1C)C2O. The van der Waals surface area contributed by atoms with Gasteiger partial charge in [-0.1, -0.05) is 6.92 Å². The lowest BCUT2D eigenvalue weighted by molar-refractivity contribution is -0.217. The summed E-state index contributed by atoms with van der Waals surface area (Å²) in [5, 5.41) is 11.9. The maximum atomic E-state index is 13.8. The van der Waals surface area contributed by atoms with Crippen LogP contribution in [0, 0.1) is 13.8 Å². The highest BCUT2D eigenvalue weighted by molar-refractivity contribution is 8.08. The van der Waals surface area contributed by atoms with E-state index in [9.17, 15) is 39.1 Å². The third kappa shape index (κ3) is 13.6. The van der Waals surface area contributed by atoms with E-state index in [1.165, 1.54) is 53.2 Å². The van der Waals surface area contributed by atoms with Crippen LogP contribution >= 0.6 is 26.9 Å². The summed E-state index contributed by atoms with van der Waals surface area (Å²) in [6.07, 6.45) is -11.4. The van der Waals surface area contributed by atoms with E-state index in [-0.39, 0.29) is 64.4 Å². The number of fused-ring (bicyclic) bond motifs is 9. The summed E-state index contributed by atoms with van der Waals surface area (Å²) in [5.41, 5.74) is 24.0. The van der Waals surface area contributed by atoms with E-state index >= 15 is 0 Å².